The molecule has 0 saturated carbocycles. The number of aliphatic hydroxyl groups is 1. The molecule has 0 aliphatic carbocycles. The number of unbranched alkanes of at least 4 members (excludes halogenated alkanes) is 36. The molecule has 9 heteroatoms. The number of aliphatic hydroxyl groups excluding tert-OH is 1. The van der Waals surface area contributed by atoms with Crippen molar-refractivity contribution in [3.8, 4) is 0 Å². The van der Waals surface area contributed by atoms with E-state index in [2.05, 4.69) is 79.9 Å². The predicted octanol–water partition coefficient (Wildman–Crippen LogP) is 20.2. The van der Waals surface area contributed by atoms with Crippen LogP contribution in [0, 0.1) is 0 Å². The van der Waals surface area contributed by atoms with Crippen molar-refractivity contribution in [1.29, 1.82) is 0 Å². The molecule has 0 aliphatic rings. The Hall–Kier alpha value is -2.06. The lowest BCUT2D eigenvalue weighted by Gasteiger charge is -2.25. The lowest BCUT2D eigenvalue weighted by Crippen LogP contribution is -2.45. The molecule has 76 heavy (non-hydrogen) atoms. The van der Waals surface area contributed by atoms with Crippen LogP contribution in [0.1, 0.15) is 296 Å². The molecule has 0 fully saturated rings. The third-order valence-corrected chi connectivity index (χ3v) is 15.4. The average Bonchev–Trinajstić information content (AvgIpc) is 3.38. The molecule has 0 bridgehead atoms. The summed E-state index contributed by atoms with van der Waals surface area (Å²) < 4.78 is 23.7. The summed E-state index contributed by atoms with van der Waals surface area (Å²) in [5, 5.41) is 13.9. The van der Waals surface area contributed by atoms with Gasteiger partial charge in [0.1, 0.15) is 13.2 Å². The number of nitrogens with one attached hydrogen (secondary N) is 1. The van der Waals surface area contributed by atoms with Crippen molar-refractivity contribution in [3.05, 3.63) is 72.9 Å². The summed E-state index contributed by atoms with van der Waals surface area (Å²) in [7, 11) is 1.55. The van der Waals surface area contributed by atoms with Crippen LogP contribution in [0.3, 0.4) is 0 Å². The van der Waals surface area contributed by atoms with E-state index in [0.717, 1.165) is 57.8 Å². The zero-order valence-electron chi connectivity index (χ0n) is 50.7. The van der Waals surface area contributed by atoms with Crippen LogP contribution in [0.25, 0.3) is 0 Å². The van der Waals surface area contributed by atoms with Gasteiger partial charge in [0, 0.05) is 6.42 Å². The number of phosphoric acid groups is 1. The molecule has 0 rings (SSSR count). The highest BCUT2D eigenvalue weighted by Gasteiger charge is 2.27. The molecule has 0 aromatic heterocycles. The van der Waals surface area contributed by atoms with Crippen LogP contribution < -0.4 is 5.32 Å². The quantitative estimate of drug-likeness (QED) is 0.0243. The number of allylic oxidation sites excluding steroid dienone is 11. The predicted molar refractivity (Wildman–Crippen MR) is 332 cm³/mol. The van der Waals surface area contributed by atoms with Gasteiger partial charge in [-0.2, -0.15) is 0 Å². The van der Waals surface area contributed by atoms with Gasteiger partial charge in [0.25, 0.3) is 0 Å². The molecule has 3 atom stereocenters. The smallest absolute Gasteiger partial charge is 0.387 e. The number of carbonyl (C=O) groups excluding carboxylic acids is 1. The van der Waals surface area contributed by atoms with Gasteiger partial charge >= 0.3 is 7.82 Å². The van der Waals surface area contributed by atoms with E-state index in [-0.39, 0.29) is 19.1 Å². The molecule has 0 spiro atoms. The summed E-state index contributed by atoms with van der Waals surface area (Å²) in [4.78, 5) is 23.3. The van der Waals surface area contributed by atoms with Crippen LogP contribution >= 0.6 is 7.82 Å². The van der Waals surface area contributed by atoms with Gasteiger partial charge in [-0.3, -0.25) is 13.8 Å². The summed E-state index contributed by atoms with van der Waals surface area (Å²) in [5.41, 5.74) is 0. The minimum atomic E-state index is -4.36. The maximum absolute atomic E-state index is 13.0. The van der Waals surface area contributed by atoms with Crippen molar-refractivity contribution in [2.75, 3.05) is 40.9 Å². The van der Waals surface area contributed by atoms with Crippen molar-refractivity contribution in [1.82, 2.24) is 5.32 Å². The monoisotopic (exact) mass is 1090 g/mol. The third-order valence-electron chi connectivity index (χ3n) is 14.4. The van der Waals surface area contributed by atoms with Crippen LogP contribution in [0.2, 0.25) is 0 Å². The van der Waals surface area contributed by atoms with Gasteiger partial charge in [0.05, 0.1) is 39.9 Å². The summed E-state index contributed by atoms with van der Waals surface area (Å²) in [6.07, 6.45) is 80.4. The standard InChI is InChI=1S/C67H125N2O6P/c1-6-8-10-12-14-16-18-20-22-24-26-27-28-29-30-31-32-33-34-35-36-37-38-39-40-41-43-45-47-49-51-53-55-57-59-61-67(71)68-65(64-75-76(72,73)74-63-62-69(3,4)5)66(70)60-58-56-54-52-50-48-46-44-42-25-23-21-19-17-15-13-11-9-7-2/h18,20,24,26,28-29,42,44,50,52,58,60,65-66,70H,6-17,19,21-23,25,27,30-41,43,45-49,51,53-57,59,61-64H2,1-5H3,(H-,68,71,72,73)/p+1/b20-18-,26-24-,29-28-,44-42+,52-50+,60-58+. The van der Waals surface area contributed by atoms with E-state index < -0.39 is 20.0 Å². The second-order valence-corrected chi connectivity index (χ2v) is 24.6. The zero-order chi connectivity index (χ0) is 55.6. The molecule has 0 saturated heterocycles. The van der Waals surface area contributed by atoms with E-state index in [1.165, 1.54) is 218 Å². The van der Waals surface area contributed by atoms with Crippen molar-refractivity contribution < 1.29 is 32.9 Å². The maximum atomic E-state index is 13.0. The van der Waals surface area contributed by atoms with E-state index >= 15 is 0 Å². The van der Waals surface area contributed by atoms with Crippen LogP contribution in [-0.4, -0.2) is 73.4 Å². The number of carbonyl (C=O) groups is 1. The van der Waals surface area contributed by atoms with Crippen LogP contribution in [-0.2, 0) is 18.4 Å². The van der Waals surface area contributed by atoms with Gasteiger partial charge in [-0.05, 0) is 83.5 Å². The largest absolute Gasteiger partial charge is 0.472 e. The van der Waals surface area contributed by atoms with Crippen LogP contribution in [0.15, 0.2) is 72.9 Å². The second kappa shape index (κ2) is 57.6. The zero-order valence-corrected chi connectivity index (χ0v) is 51.6. The number of hydrogen-bond acceptors (Lipinski definition) is 5. The molecule has 444 valence electrons. The molecule has 0 radical (unpaired) electrons. The number of nitrogens with zero attached hydrogens (tertiary/aromatic N) is 1. The van der Waals surface area contributed by atoms with Crippen LogP contribution in [0.4, 0.5) is 0 Å². The molecule has 3 unspecified atom stereocenters. The maximum Gasteiger partial charge on any atom is 0.472 e. The normalized spacial score (nSPS) is 14.2. The van der Waals surface area contributed by atoms with Gasteiger partial charge in [0.15, 0.2) is 0 Å². The molecular formula is C67H126N2O6P+. The lowest BCUT2D eigenvalue weighted by molar-refractivity contribution is -0.870. The number of hydrogen-bond donors (Lipinski definition) is 3. The summed E-state index contributed by atoms with van der Waals surface area (Å²) in [6.45, 7) is 4.79. The molecule has 0 aliphatic heterocycles. The first-order valence-corrected chi connectivity index (χ1v) is 33.8. The van der Waals surface area contributed by atoms with E-state index in [1.807, 2.05) is 27.2 Å². The van der Waals surface area contributed by atoms with E-state index in [4.69, 9.17) is 9.05 Å². The van der Waals surface area contributed by atoms with Crippen LogP contribution in [0.5, 0.6) is 0 Å². The fourth-order valence-corrected chi connectivity index (χ4v) is 10.1. The topological polar surface area (TPSA) is 105 Å². The Bertz CT molecular complexity index is 1470. The average molecular weight is 1090 g/mol. The van der Waals surface area contributed by atoms with Crippen molar-refractivity contribution >= 4 is 13.7 Å². The van der Waals surface area contributed by atoms with Crippen molar-refractivity contribution in [2.45, 2.75) is 309 Å². The summed E-state index contributed by atoms with van der Waals surface area (Å²) >= 11 is 0. The SMILES string of the molecule is CCCCCCC/C=C\C/C=C\C/C=C\CCCCCCCCCCCCCCCCCCCCCCC(=O)NC(COP(=O)(O)OCC[N+](C)(C)C)C(O)/C=C/CC/C=C/CC/C=C/CCCCCCCCCCC. The van der Waals surface area contributed by atoms with E-state index in [0.29, 0.717) is 17.4 Å². The molecule has 0 heterocycles. The van der Waals surface area contributed by atoms with E-state index in [9.17, 15) is 19.4 Å². The van der Waals surface area contributed by atoms with Gasteiger partial charge in [0.2, 0.25) is 5.91 Å². The number of likely N-dealkylation sites (N-methyl/N-ethyl adjacent to an activating group) is 1. The Morgan fingerprint density at radius 1 is 0.447 bits per heavy atom. The Kier molecular flexibility index (Phi) is 56.1. The summed E-state index contributed by atoms with van der Waals surface area (Å²) in [5.74, 6) is -0.188. The van der Waals surface area contributed by atoms with Gasteiger partial charge in [-0.15, -0.1) is 0 Å². The Labute approximate surface area is 472 Å². The molecule has 1 amide bonds. The first kappa shape index (κ1) is 73.9. The number of phosphoric ester groups is 1. The first-order valence-electron chi connectivity index (χ1n) is 32.3. The third kappa shape index (κ3) is 59.6. The summed E-state index contributed by atoms with van der Waals surface area (Å²) in [6, 6.07) is -0.872. The minimum absolute atomic E-state index is 0.0527. The molecule has 8 nitrogen and oxygen atoms in total. The highest BCUT2D eigenvalue weighted by molar-refractivity contribution is 7.47. The minimum Gasteiger partial charge on any atom is -0.387 e. The fourth-order valence-electron chi connectivity index (χ4n) is 9.32. The molecule has 0 aromatic carbocycles. The number of amides is 1. The molecule has 0 aromatic rings. The number of quaternary nitrogens is 1. The molecular weight excluding hydrogens is 960 g/mol. The Morgan fingerprint density at radius 3 is 1.14 bits per heavy atom. The van der Waals surface area contributed by atoms with Gasteiger partial charge in [-0.25, -0.2) is 4.57 Å². The number of rotatable bonds is 59. The van der Waals surface area contributed by atoms with Crippen molar-refractivity contribution in [3.63, 3.8) is 0 Å². The van der Waals surface area contributed by atoms with Crippen molar-refractivity contribution in [2.24, 2.45) is 0 Å². The highest BCUT2D eigenvalue weighted by atomic mass is 31.2. The Morgan fingerprint density at radius 2 is 0.763 bits per heavy atom. The highest BCUT2D eigenvalue weighted by Crippen LogP contribution is 2.43. The van der Waals surface area contributed by atoms with Gasteiger partial charge in [-0.1, -0.05) is 279 Å². The fraction of sp³-hybridized carbons (Fsp3) is 0.806. The second-order valence-electron chi connectivity index (χ2n) is 23.1. The Balaban J connectivity index is 4.07. The lowest BCUT2D eigenvalue weighted by atomic mass is 10.0. The van der Waals surface area contributed by atoms with E-state index in [1.54, 1.807) is 6.08 Å². The van der Waals surface area contributed by atoms with Gasteiger partial charge < -0.3 is 19.8 Å². The molecule has 3 N–H and O–H groups in total. The first-order chi connectivity index (χ1) is 37.0.